The molecule has 12 heavy (non-hydrogen) atoms. The van der Waals surface area contributed by atoms with E-state index in [4.69, 9.17) is 0 Å². The highest BCUT2D eigenvalue weighted by Gasteiger charge is 2.12. The van der Waals surface area contributed by atoms with E-state index in [1.807, 2.05) is 0 Å². The van der Waals surface area contributed by atoms with Gasteiger partial charge in [-0.25, -0.2) is 13.8 Å². The van der Waals surface area contributed by atoms with Crippen molar-refractivity contribution in [2.24, 2.45) is 0 Å². The molecule has 0 bridgehead atoms. The van der Waals surface area contributed by atoms with Gasteiger partial charge in [-0.15, -0.1) is 0 Å². The number of imidazole rings is 1. The van der Waals surface area contributed by atoms with Crippen molar-refractivity contribution in [3.8, 4) is 0 Å². The van der Waals surface area contributed by atoms with Crippen molar-refractivity contribution in [3.63, 3.8) is 0 Å². The third kappa shape index (κ3) is 0.958. The molecular weight excluding hydrogens is 162 g/mol. The number of fused-ring (bicyclic) bond motifs is 1. The van der Waals surface area contributed by atoms with E-state index in [-0.39, 0.29) is 5.82 Å². The molecule has 2 heterocycles. The lowest BCUT2D eigenvalue weighted by atomic mass is 10.4. The van der Waals surface area contributed by atoms with Gasteiger partial charge in [0.2, 0.25) is 0 Å². The molecule has 2 aromatic rings. The molecule has 2 aromatic heterocycles. The van der Waals surface area contributed by atoms with E-state index in [1.54, 1.807) is 24.4 Å². The number of halogens is 2. The number of nitrogens with zero attached hydrogens (tertiary/aromatic N) is 2. The molecule has 4 heteroatoms. The molecule has 2 nitrogen and oxygen atoms in total. The SMILES string of the molecule is FC(F)c1ncc2ccccn12. The molecule has 0 aliphatic heterocycles. The maximum absolute atomic E-state index is 12.2. The lowest BCUT2D eigenvalue weighted by Crippen LogP contribution is -1.93. The van der Waals surface area contributed by atoms with Crippen LogP contribution in [0.1, 0.15) is 12.2 Å². The molecule has 0 aliphatic carbocycles. The minimum atomic E-state index is -2.52. The van der Waals surface area contributed by atoms with E-state index in [9.17, 15) is 8.78 Å². The summed E-state index contributed by atoms with van der Waals surface area (Å²) in [4.78, 5) is 3.61. The molecule has 0 saturated heterocycles. The summed E-state index contributed by atoms with van der Waals surface area (Å²) in [5.74, 6) is -0.203. The minimum Gasteiger partial charge on any atom is -0.299 e. The average molecular weight is 168 g/mol. The largest absolute Gasteiger partial charge is 0.299 e. The van der Waals surface area contributed by atoms with Gasteiger partial charge in [0, 0.05) is 6.20 Å². The van der Waals surface area contributed by atoms with Gasteiger partial charge in [-0.3, -0.25) is 4.40 Å². The Morgan fingerprint density at radius 2 is 2.17 bits per heavy atom. The first-order valence-corrected chi connectivity index (χ1v) is 3.49. The first-order chi connectivity index (χ1) is 5.79. The van der Waals surface area contributed by atoms with Gasteiger partial charge in [0.15, 0.2) is 5.82 Å². The fourth-order valence-electron chi connectivity index (χ4n) is 1.13. The van der Waals surface area contributed by atoms with Gasteiger partial charge in [0.1, 0.15) is 0 Å². The second kappa shape index (κ2) is 2.55. The summed E-state index contributed by atoms with van der Waals surface area (Å²) >= 11 is 0. The zero-order chi connectivity index (χ0) is 8.55. The van der Waals surface area contributed by atoms with Crippen LogP contribution < -0.4 is 0 Å². The Bertz CT molecular complexity index is 395. The standard InChI is InChI=1S/C8H6F2N2/c9-7(10)8-11-5-6-3-1-2-4-12(6)8/h1-5,7H. The quantitative estimate of drug-likeness (QED) is 0.638. The Labute approximate surface area is 67.5 Å². The third-order valence-corrected chi connectivity index (χ3v) is 1.66. The Morgan fingerprint density at radius 3 is 2.92 bits per heavy atom. The molecule has 0 unspecified atom stereocenters. The van der Waals surface area contributed by atoms with Crippen molar-refractivity contribution >= 4 is 5.52 Å². The van der Waals surface area contributed by atoms with Crippen LogP contribution in [0.3, 0.4) is 0 Å². The van der Waals surface area contributed by atoms with Crippen molar-refractivity contribution in [2.75, 3.05) is 0 Å². The van der Waals surface area contributed by atoms with Gasteiger partial charge in [-0.1, -0.05) is 6.07 Å². The predicted octanol–water partition coefficient (Wildman–Crippen LogP) is 2.27. The Kier molecular flexibility index (Phi) is 1.53. The summed E-state index contributed by atoms with van der Waals surface area (Å²) in [5.41, 5.74) is 0.688. The van der Waals surface area contributed by atoms with Crippen LogP contribution in [0.5, 0.6) is 0 Å². The second-order valence-electron chi connectivity index (χ2n) is 2.41. The maximum atomic E-state index is 12.2. The monoisotopic (exact) mass is 168 g/mol. The average Bonchev–Trinajstić information content (AvgIpc) is 2.47. The highest BCUT2D eigenvalue weighted by atomic mass is 19.3. The minimum absolute atomic E-state index is 0.203. The molecule has 0 N–H and O–H groups in total. The van der Waals surface area contributed by atoms with Crippen LogP contribution in [0.25, 0.3) is 5.52 Å². The van der Waals surface area contributed by atoms with Crippen LogP contribution in [0.4, 0.5) is 8.78 Å². The van der Waals surface area contributed by atoms with E-state index in [0.29, 0.717) is 5.52 Å². The van der Waals surface area contributed by atoms with Crippen molar-refractivity contribution in [1.82, 2.24) is 9.38 Å². The van der Waals surface area contributed by atoms with Gasteiger partial charge >= 0.3 is 0 Å². The lowest BCUT2D eigenvalue weighted by Gasteiger charge is -1.97. The van der Waals surface area contributed by atoms with Gasteiger partial charge in [0.05, 0.1) is 11.7 Å². The fourth-order valence-corrected chi connectivity index (χ4v) is 1.13. The molecule has 0 spiro atoms. The Hall–Kier alpha value is -1.45. The van der Waals surface area contributed by atoms with E-state index in [0.717, 1.165) is 0 Å². The van der Waals surface area contributed by atoms with Crippen LogP contribution in [-0.2, 0) is 0 Å². The first-order valence-electron chi connectivity index (χ1n) is 3.49. The zero-order valence-corrected chi connectivity index (χ0v) is 6.11. The normalized spacial score (nSPS) is 11.2. The van der Waals surface area contributed by atoms with Crippen molar-refractivity contribution < 1.29 is 8.78 Å². The first kappa shape index (κ1) is 7.21. The summed E-state index contributed by atoms with van der Waals surface area (Å²) in [7, 11) is 0. The smallest absolute Gasteiger partial charge is 0.295 e. The molecule has 0 aliphatic rings. The van der Waals surface area contributed by atoms with Crippen LogP contribution >= 0.6 is 0 Å². The van der Waals surface area contributed by atoms with Crippen LogP contribution in [-0.4, -0.2) is 9.38 Å². The number of hydrogen-bond acceptors (Lipinski definition) is 1. The van der Waals surface area contributed by atoms with Crippen molar-refractivity contribution in [1.29, 1.82) is 0 Å². The molecule has 62 valence electrons. The number of alkyl halides is 2. The Morgan fingerprint density at radius 1 is 1.33 bits per heavy atom. The molecule has 0 saturated carbocycles. The van der Waals surface area contributed by atoms with Crippen molar-refractivity contribution in [3.05, 3.63) is 36.4 Å². The summed E-state index contributed by atoms with van der Waals surface area (Å²) in [6.45, 7) is 0. The van der Waals surface area contributed by atoms with Gasteiger partial charge in [-0.2, -0.15) is 0 Å². The van der Waals surface area contributed by atoms with Gasteiger partial charge < -0.3 is 0 Å². The number of rotatable bonds is 1. The zero-order valence-electron chi connectivity index (χ0n) is 6.11. The number of hydrogen-bond donors (Lipinski definition) is 0. The summed E-state index contributed by atoms with van der Waals surface area (Å²) in [5, 5.41) is 0. The number of pyridine rings is 1. The van der Waals surface area contributed by atoms with Crippen LogP contribution in [0, 0.1) is 0 Å². The summed E-state index contributed by atoms with van der Waals surface area (Å²) in [6.07, 6.45) is 0.487. The topological polar surface area (TPSA) is 17.3 Å². The molecule has 0 amide bonds. The van der Waals surface area contributed by atoms with E-state index >= 15 is 0 Å². The summed E-state index contributed by atoms with van der Waals surface area (Å²) < 4.78 is 25.9. The second-order valence-corrected chi connectivity index (χ2v) is 2.41. The van der Waals surface area contributed by atoms with E-state index in [1.165, 1.54) is 10.6 Å². The van der Waals surface area contributed by atoms with Crippen LogP contribution in [0.15, 0.2) is 30.6 Å². The number of aromatic nitrogens is 2. The fraction of sp³-hybridized carbons (Fsp3) is 0.125. The van der Waals surface area contributed by atoms with E-state index in [2.05, 4.69) is 4.98 Å². The predicted molar refractivity (Wildman–Crippen MR) is 40.1 cm³/mol. The molecule has 0 fully saturated rings. The van der Waals surface area contributed by atoms with Crippen LogP contribution in [0.2, 0.25) is 0 Å². The lowest BCUT2D eigenvalue weighted by molar-refractivity contribution is 0.139. The molecular formula is C8H6F2N2. The Balaban J connectivity index is 2.70. The molecule has 0 atom stereocenters. The highest BCUT2D eigenvalue weighted by Crippen LogP contribution is 2.18. The molecule has 0 radical (unpaired) electrons. The molecule has 0 aromatic carbocycles. The highest BCUT2D eigenvalue weighted by molar-refractivity contribution is 5.45. The molecule has 2 rings (SSSR count). The van der Waals surface area contributed by atoms with Gasteiger partial charge in [-0.05, 0) is 12.1 Å². The third-order valence-electron chi connectivity index (χ3n) is 1.66. The van der Waals surface area contributed by atoms with Crippen molar-refractivity contribution in [2.45, 2.75) is 6.43 Å². The maximum Gasteiger partial charge on any atom is 0.295 e. The summed E-state index contributed by atoms with van der Waals surface area (Å²) in [6, 6.07) is 5.21. The van der Waals surface area contributed by atoms with Gasteiger partial charge in [0.25, 0.3) is 6.43 Å². The van der Waals surface area contributed by atoms with E-state index < -0.39 is 6.43 Å².